The largest absolute Gasteiger partial charge is 0.307 e. The van der Waals surface area contributed by atoms with E-state index in [1.54, 1.807) is 12.4 Å². The maximum atomic E-state index is 13.1. The molecule has 0 amide bonds. The number of H-pyrrole nitrogens is 2. The first-order chi connectivity index (χ1) is 16.1. The lowest BCUT2D eigenvalue weighted by Gasteiger charge is -2.22. The predicted molar refractivity (Wildman–Crippen MR) is 127 cm³/mol. The van der Waals surface area contributed by atoms with Gasteiger partial charge in [-0.05, 0) is 42.9 Å². The van der Waals surface area contributed by atoms with Gasteiger partial charge < -0.3 is 4.90 Å². The molecule has 2 N–H and O–H groups in total. The summed E-state index contributed by atoms with van der Waals surface area (Å²) in [5, 5.41) is 19.5. The molecular weight excluding hydrogens is 414 g/mol. The van der Waals surface area contributed by atoms with Crippen LogP contribution in [-0.4, -0.2) is 61.5 Å². The zero-order valence-electron chi connectivity index (χ0n) is 18.6. The van der Waals surface area contributed by atoms with Gasteiger partial charge in [0.05, 0.1) is 24.0 Å². The van der Waals surface area contributed by atoms with E-state index in [-0.39, 0.29) is 18.2 Å². The molecule has 3 aromatic heterocycles. The number of nitrogens with one attached hydrogen (secondary N) is 2. The number of nitrogens with zero attached hydrogens (tertiary/aromatic N) is 5. The van der Waals surface area contributed by atoms with Crippen molar-refractivity contribution in [3.8, 4) is 11.1 Å². The first-order valence-electron chi connectivity index (χ1n) is 10.8. The molecule has 0 aliphatic heterocycles. The minimum Gasteiger partial charge on any atom is -0.307 e. The Morgan fingerprint density at radius 2 is 1.94 bits per heavy atom. The molecule has 3 heterocycles. The third-order valence-corrected chi connectivity index (χ3v) is 5.72. The Labute approximate surface area is 191 Å². The Kier molecular flexibility index (Phi) is 5.58. The fraction of sp³-hybridized carbons (Fsp3) is 0.200. The second-order valence-electron chi connectivity index (χ2n) is 8.44. The molecule has 8 nitrogen and oxygen atoms in total. The topological polar surface area (TPSA) is 95.5 Å². The van der Waals surface area contributed by atoms with Crippen LogP contribution in [0.4, 0.5) is 0 Å². The van der Waals surface area contributed by atoms with Gasteiger partial charge in [-0.2, -0.15) is 15.3 Å². The predicted octanol–water partition coefficient (Wildman–Crippen LogP) is 3.73. The van der Waals surface area contributed by atoms with Gasteiger partial charge >= 0.3 is 0 Å². The normalized spacial score (nSPS) is 12.5. The van der Waals surface area contributed by atoms with Gasteiger partial charge in [0.15, 0.2) is 5.78 Å². The van der Waals surface area contributed by atoms with Gasteiger partial charge in [0.25, 0.3) is 0 Å². The highest BCUT2D eigenvalue weighted by molar-refractivity contribution is 6.07. The van der Waals surface area contributed by atoms with Crippen LogP contribution >= 0.6 is 0 Å². The molecule has 5 aromatic rings. The fourth-order valence-electron chi connectivity index (χ4n) is 4.09. The molecule has 2 aromatic carbocycles. The number of likely N-dealkylation sites (N-methyl/N-ethyl adjacent to an activating group) is 1. The fourth-order valence-corrected chi connectivity index (χ4v) is 4.09. The van der Waals surface area contributed by atoms with E-state index in [0.717, 1.165) is 34.1 Å². The highest BCUT2D eigenvalue weighted by Gasteiger charge is 2.19. The van der Waals surface area contributed by atoms with E-state index in [4.69, 9.17) is 0 Å². The van der Waals surface area contributed by atoms with E-state index in [1.807, 2.05) is 67.6 Å². The van der Waals surface area contributed by atoms with Crippen molar-refractivity contribution < 1.29 is 4.79 Å². The lowest BCUT2D eigenvalue weighted by molar-refractivity contribution is 0.0989. The number of carbonyl (C=O) groups is 1. The van der Waals surface area contributed by atoms with Crippen molar-refractivity contribution in [1.82, 2.24) is 35.1 Å². The van der Waals surface area contributed by atoms with Crippen molar-refractivity contribution in [2.24, 2.45) is 0 Å². The van der Waals surface area contributed by atoms with Gasteiger partial charge in [-0.1, -0.05) is 36.4 Å². The number of aromatic amines is 2. The van der Waals surface area contributed by atoms with Crippen LogP contribution in [0.15, 0.2) is 73.3 Å². The molecule has 0 aliphatic carbocycles. The van der Waals surface area contributed by atoms with Crippen molar-refractivity contribution in [1.29, 1.82) is 0 Å². The lowest BCUT2D eigenvalue weighted by Crippen LogP contribution is -2.25. The molecule has 0 bridgehead atoms. The Balaban J connectivity index is 1.37. The molecule has 0 fully saturated rings. The van der Waals surface area contributed by atoms with E-state index in [2.05, 4.69) is 42.5 Å². The average molecular weight is 440 g/mol. The van der Waals surface area contributed by atoms with E-state index >= 15 is 0 Å². The Hall–Kier alpha value is -4.04. The van der Waals surface area contributed by atoms with Gasteiger partial charge in [-0.25, -0.2) is 0 Å². The summed E-state index contributed by atoms with van der Waals surface area (Å²) in [4.78, 5) is 15.2. The number of fused-ring (bicyclic) bond motifs is 1. The quantitative estimate of drug-likeness (QED) is 0.359. The van der Waals surface area contributed by atoms with Crippen molar-refractivity contribution >= 4 is 16.7 Å². The van der Waals surface area contributed by atoms with Crippen LogP contribution in [0, 0.1) is 0 Å². The number of carbonyl (C=O) groups excluding carboxylic acids is 1. The molecule has 0 saturated carbocycles. The van der Waals surface area contributed by atoms with Crippen LogP contribution < -0.4 is 0 Å². The number of hydrogen-bond acceptors (Lipinski definition) is 5. The van der Waals surface area contributed by atoms with Gasteiger partial charge in [0.1, 0.15) is 5.69 Å². The molecular formula is C25H25N7O. The van der Waals surface area contributed by atoms with Crippen molar-refractivity contribution in [3.63, 3.8) is 0 Å². The number of benzene rings is 2. The Morgan fingerprint density at radius 3 is 2.70 bits per heavy atom. The summed E-state index contributed by atoms with van der Waals surface area (Å²) >= 11 is 0. The third-order valence-electron chi connectivity index (χ3n) is 5.72. The minimum absolute atomic E-state index is 0.0410. The molecule has 8 heteroatoms. The highest BCUT2D eigenvalue weighted by atomic mass is 16.1. The van der Waals surface area contributed by atoms with Gasteiger partial charge in [-0.15, -0.1) is 0 Å². The summed E-state index contributed by atoms with van der Waals surface area (Å²) in [6, 6.07) is 16.2. The monoisotopic (exact) mass is 439 g/mol. The minimum atomic E-state index is -0.0410. The summed E-state index contributed by atoms with van der Waals surface area (Å²) in [6.45, 7) is 0.808. The molecule has 5 rings (SSSR count). The molecule has 33 heavy (non-hydrogen) atoms. The summed E-state index contributed by atoms with van der Waals surface area (Å²) < 4.78 is 1.94. The van der Waals surface area contributed by atoms with E-state index in [9.17, 15) is 4.79 Å². The second kappa shape index (κ2) is 8.84. The van der Waals surface area contributed by atoms with Crippen LogP contribution in [-0.2, 0) is 6.42 Å². The number of Topliss-reactive ketones (excluding diaryl/α,β-unsaturated/α-hetero) is 1. The van der Waals surface area contributed by atoms with Crippen molar-refractivity contribution in [3.05, 3.63) is 90.1 Å². The molecule has 0 radical (unpaired) electrons. The van der Waals surface area contributed by atoms with Gasteiger partial charge in [0.2, 0.25) is 0 Å². The second-order valence-corrected chi connectivity index (χ2v) is 8.44. The zero-order valence-corrected chi connectivity index (χ0v) is 18.6. The summed E-state index contributed by atoms with van der Waals surface area (Å²) in [7, 11) is 4.09. The third kappa shape index (κ3) is 4.33. The Morgan fingerprint density at radius 1 is 1.09 bits per heavy atom. The first-order valence-corrected chi connectivity index (χ1v) is 10.8. The van der Waals surface area contributed by atoms with E-state index < -0.39 is 0 Å². The summed E-state index contributed by atoms with van der Waals surface area (Å²) in [6.07, 6.45) is 7.58. The zero-order chi connectivity index (χ0) is 22.8. The van der Waals surface area contributed by atoms with Gasteiger partial charge in [0, 0.05) is 36.3 Å². The lowest BCUT2D eigenvalue weighted by atomic mass is 10.0. The van der Waals surface area contributed by atoms with Crippen LogP contribution in [0.3, 0.4) is 0 Å². The highest BCUT2D eigenvalue weighted by Crippen LogP contribution is 2.25. The van der Waals surface area contributed by atoms with Crippen LogP contribution in [0.2, 0.25) is 0 Å². The van der Waals surface area contributed by atoms with E-state index in [0.29, 0.717) is 5.69 Å². The average Bonchev–Trinajstić information content (AvgIpc) is 3.58. The molecule has 1 atom stereocenters. The van der Waals surface area contributed by atoms with Crippen LogP contribution in [0.5, 0.6) is 0 Å². The molecule has 0 aliphatic rings. The number of rotatable bonds is 8. The SMILES string of the molecule is CN(C)CC(c1ccccc1)n1cc(CC(=O)c2n[nH]c3cc(-c4cn[nH]c4)ccc23)cn1. The standard InChI is InChI=1S/C25H25N7O/c1-31(2)16-23(18-6-4-3-5-7-18)32-15-17(12-28-32)10-24(33)25-21-9-8-19(11-22(21)29-30-25)20-13-26-27-14-20/h3-9,11-15,23H,10,16H2,1-2H3,(H,26,27)(H,29,30). The van der Waals surface area contributed by atoms with Crippen molar-refractivity contribution in [2.75, 3.05) is 20.6 Å². The molecule has 0 saturated heterocycles. The van der Waals surface area contributed by atoms with Gasteiger partial charge in [-0.3, -0.25) is 19.7 Å². The maximum absolute atomic E-state index is 13.1. The first kappa shape index (κ1) is 20.8. The van der Waals surface area contributed by atoms with E-state index in [1.165, 1.54) is 5.56 Å². The summed E-state index contributed by atoms with van der Waals surface area (Å²) in [5.74, 6) is -0.0410. The summed E-state index contributed by atoms with van der Waals surface area (Å²) in [5.41, 5.74) is 5.31. The van der Waals surface area contributed by atoms with Crippen LogP contribution in [0.1, 0.15) is 27.7 Å². The molecule has 166 valence electrons. The Bertz CT molecular complexity index is 1370. The molecule has 0 spiro atoms. The smallest absolute Gasteiger partial charge is 0.188 e. The number of hydrogen-bond donors (Lipinski definition) is 2. The van der Waals surface area contributed by atoms with Crippen LogP contribution in [0.25, 0.3) is 22.0 Å². The number of ketones is 1. The molecule has 1 unspecified atom stereocenters. The van der Waals surface area contributed by atoms with Crippen molar-refractivity contribution in [2.45, 2.75) is 12.5 Å². The number of aromatic nitrogens is 6. The maximum Gasteiger partial charge on any atom is 0.188 e.